The zero-order chi connectivity index (χ0) is 27.5. The molecule has 5 rings (SSSR count). The minimum absolute atomic E-state index is 0.144. The summed E-state index contributed by atoms with van der Waals surface area (Å²) in [6, 6.07) is 28.0. The van der Waals surface area contributed by atoms with Crippen LogP contribution in [0.15, 0.2) is 112 Å². The molecule has 4 aromatic carbocycles. The Balaban J connectivity index is 1.51. The van der Waals surface area contributed by atoms with E-state index in [0.717, 1.165) is 15.4 Å². The quantitative estimate of drug-likeness (QED) is 0.159. The lowest BCUT2D eigenvalue weighted by Gasteiger charge is -2.34. The molecule has 6 nitrogen and oxygen atoms in total. The van der Waals surface area contributed by atoms with Gasteiger partial charge >= 0.3 is 6.03 Å². The zero-order valence-corrected chi connectivity index (χ0v) is 24.0. The lowest BCUT2D eigenvalue weighted by molar-refractivity contribution is -0.121. The van der Waals surface area contributed by atoms with Crippen molar-refractivity contribution in [1.82, 2.24) is 0 Å². The Kier molecular flexibility index (Phi) is 7.77. The van der Waals surface area contributed by atoms with E-state index in [1.807, 2.05) is 31.2 Å². The first-order chi connectivity index (χ1) is 18.8. The maximum absolute atomic E-state index is 13.6. The van der Waals surface area contributed by atoms with E-state index < -0.39 is 17.8 Å². The van der Waals surface area contributed by atoms with Crippen LogP contribution in [0.2, 0.25) is 0 Å². The van der Waals surface area contributed by atoms with Gasteiger partial charge in [-0.1, -0.05) is 66.2 Å². The molecule has 0 aromatic heterocycles. The van der Waals surface area contributed by atoms with Crippen molar-refractivity contribution < 1.29 is 19.1 Å². The summed E-state index contributed by atoms with van der Waals surface area (Å²) in [6.07, 6.45) is 1.49. The van der Waals surface area contributed by atoms with Gasteiger partial charge in [0, 0.05) is 0 Å². The number of benzene rings is 4. The molecule has 1 saturated heterocycles. The Labute approximate surface area is 242 Å². The van der Waals surface area contributed by atoms with Crippen molar-refractivity contribution in [1.29, 1.82) is 0 Å². The molecule has 4 amide bonds. The van der Waals surface area contributed by atoms with Gasteiger partial charge in [0.2, 0.25) is 0 Å². The van der Waals surface area contributed by atoms with Crippen molar-refractivity contribution in [3.8, 4) is 5.75 Å². The third kappa shape index (κ3) is 5.57. The molecular weight excluding hydrogens is 624 g/mol. The van der Waals surface area contributed by atoms with Crippen molar-refractivity contribution in [2.24, 2.45) is 0 Å². The minimum Gasteiger partial charge on any atom is -0.487 e. The number of ether oxygens (including phenoxy) is 1. The molecule has 0 bridgehead atoms. The Morgan fingerprint density at radius 3 is 1.69 bits per heavy atom. The van der Waals surface area contributed by atoms with E-state index in [1.165, 1.54) is 11.6 Å². The number of barbiturate groups is 1. The van der Waals surface area contributed by atoms with Crippen molar-refractivity contribution in [3.63, 3.8) is 0 Å². The number of para-hydroxylation sites is 2. The first-order valence-electron chi connectivity index (χ1n) is 12.1. The highest BCUT2D eigenvalue weighted by molar-refractivity contribution is 9.11. The van der Waals surface area contributed by atoms with E-state index in [4.69, 9.17) is 4.74 Å². The predicted octanol–water partition coefficient (Wildman–Crippen LogP) is 7.68. The average molecular weight is 646 g/mol. The van der Waals surface area contributed by atoms with Crippen molar-refractivity contribution >= 4 is 67.2 Å². The molecule has 1 heterocycles. The molecule has 0 unspecified atom stereocenters. The number of aryl methyl sites for hydroxylation is 1. The summed E-state index contributed by atoms with van der Waals surface area (Å²) in [6.45, 7) is 2.40. The topological polar surface area (TPSA) is 66.9 Å². The first kappa shape index (κ1) is 26.6. The fourth-order valence-corrected chi connectivity index (χ4v) is 5.60. The average Bonchev–Trinajstić information content (AvgIpc) is 2.93. The van der Waals surface area contributed by atoms with Crippen LogP contribution >= 0.6 is 31.9 Å². The number of amides is 4. The minimum atomic E-state index is -0.734. The van der Waals surface area contributed by atoms with Crippen LogP contribution in [0.5, 0.6) is 5.75 Å². The van der Waals surface area contributed by atoms with Crippen molar-refractivity contribution in [2.45, 2.75) is 13.5 Å². The molecule has 4 aromatic rings. The summed E-state index contributed by atoms with van der Waals surface area (Å²) >= 11 is 7.11. The smallest absolute Gasteiger partial charge is 0.343 e. The van der Waals surface area contributed by atoms with Crippen LogP contribution in [0.3, 0.4) is 0 Å². The third-order valence-corrected chi connectivity index (χ3v) is 7.29. The normalized spacial score (nSPS) is 13.6. The Hall–Kier alpha value is -4.01. The fourth-order valence-electron chi connectivity index (χ4n) is 4.15. The van der Waals surface area contributed by atoms with E-state index in [0.29, 0.717) is 38.2 Å². The van der Waals surface area contributed by atoms with Gasteiger partial charge in [0.05, 0.1) is 20.3 Å². The van der Waals surface area contributed by atoms with Gasteiger partial charge in [-0.2, -0.15) is 0 Å². The number of carbonyl (C=O) groups excluding carboxylic acids is 3. The second-order valence-corrected chi connectivity index (χ2v) is 10.6. The Bertz CT molecular complexity index is 1500. The summed E-state index contributed by atoms with van der Waals surface area (Å²) < 4.78 is 7.32. The van der Waals surface area contributed by atoms with Gasteiger partial charge in [-0.05, 0) is 92.4 Å². The molecule has 0 atom stereocenters. The third-order valence-electron chi connectivity index (χ3n) is 6.11. The summed E-state index contributed by atoms with van der Waals surface area (Å²) in [7, 11) is 0. The molecule has 0 saturated carbocycles. The van der Waals surface area contributed by atoms with E-state index in [1.54, 1.807) is 72.8 Å². The number of nitrogens with zero attached hydrogens (tertiary/aromatic N) is 2. The van der Waals surface area contributed by atoms with Crippen molar-refractivity contribution in [3.05, 3.63) is 128 Å². The zero-order valence-electron chi connectivity index (χ0n) is 20.8. The molecule has 194 valence electrons. The lowest BCUT2D eigenvalue weighted by atomic mass is 10.0. The summed E-state index contributed by atoms with van der Waals surface area (Å²) in [5, 5.41) is 0. The van der Waals surface area contributed by atoms with E-state index in [2.05, 4.69) is 31.9 Å². The number of anilines is 2. The first-order valence-corrected chi connectivity index (χ1v) is 13.6. The van der Waals surface area contributed by atoms with E-state index >= 15 is 0 Å². The molecule has 0 radical (unpaired) electrons. The monoisotopic (exact) mass is 644 g/mol. The molecule has 0 N–H and O–H groups in total. The number of carbonyl (C=O) groups is 3. The second kappa shape index (κ2) is 11.4. The van der Waals surface area contributed by atoms with Crippen LogP contribution in [0.1, 0.15) is 16.7 Å². The van der Waals surface area contributed by atoms with Gasteiger partial charge in [0.15, 0.2) is 0 Å². The van der Waals surface area contributed by atoms with Gasteiger partial charge in [0.1, 0.15) is 17.9 Å². The van der Waals surface area contributed by atoms with Gasteiger partial charge in [-0.15, -0.1) is 0 Å². The lowest BCUT2D eigenvalue weighted by Crippen LogP contribution is -2.57. The Morgan fingerprint density at radius 2 is 1.21 bits per heavy atom. The number of rotatable bonds is 6. The van der Waals surface area contributed by atoms with Gasteiger partial charge in [-0.3, -0.25) is 9.59 Å². The number of hydrogen-bond acceptors (Lipinski definition) is 4. The molecule has 1 aliphatic heterocycles. The summed E-state index contributed by atoms with van der Waals surface area (Å²) in [4.78, 5) is 42.7. The van der Waals surface area contributed by atoms with Gasteiger partial charge in [-0.25, -0.2) is 14.6 Å². The molecule has 1 aliphatic rings. The summed E-state index contributed by atoms with van der Waals surface area (Å²) in [5.74, 6) is -0.809. The predicted molar refractivity (Wildman–Crippen MR) is 159 cm³/mol. The van der Waals surface area contributed by atoms with Crippen LogP contribution in [0.25, 0.3) is 6.08 Å². The number of hydrogen-bond donors (Lipinski definition) is 0. The molecular formula is C31H22Br2N2O4. The molecule has 0 aliphatic carbocycles. The van der Waals surface area contributed by atoms with Crippen LogP contribution in [0.4, 0.5) is 16.2 Å². The molecule has 0 spiro atoms. The highest BCUT2D eigenvalue weighted by atomic mass is 79.9. The maximum Gasteiger partial charge on any atom is 0.343 e. The van der Waals surface area contributed by atoms with Crippen LogP contribution in [0, 0.1) is 6.92 Å². The summed E-state index contributed by atoms with van der Waals surface area (Å²) in [5.41, 5.74) is 3.36. The fraction of sp³-hybridized carbons (Fsp3) is 0.0645. The van der Waals surface area contributed by atoms with E-state index in [-0.39, 0.29) is 5.57 Å². The largest absolute Gasteiger partial charge is 0.487 e. The van der Waals surface area contributed by atoms with Crippen LogP contribution < -0.4 is 14.5 Å². The number of urea groups is 1. The van der Waals surface area contributed by atoms with Gasteiger partial charge in [0.25, 0.3) is 11.8 Å². The maximum atomic E-state index is 13.6. The highest BCUT2D eigenvalue weighted by Gasteiger charge is 2.43. The number of imide groups is 2. The molecule has 39 heavy (non-hydrogen) atoms. The van der Waals surface area contributed by atoms with E-state index in [9.17, 15) is 14.4 Å². The van der Waals surface area contributed by atoms with Crippen LogP contribution in [-0.4, -0.2) is 17.8 Å². The van der Waals surface area contributed by atoms with Crippen LogP contribution in [-0.2, 0) is 16.2 Å². The van der Waals surface area contributed by atoms with Gasteiger partial charge < -0.3 is 4.74 Å². The second-order valence-electron chi connectivity index (χ2n) is 8.88. The molecule has 1 fully saturated rings. The SMILES string of the molecule is Cc1ccc(COc2c(Br)cc(C=C3C(=O)N(c4ccccc4)C(=O)N(c4ccccc4)C3=O)cc2Br)cc1. The Morgan fingerprint density at radius 1 is 0.718 bits per heavy atom. The standard InChI is InChI=1S/C31H22Br2N2O4/c1-20-12-14-21(15-13-20)19-39-28-26(32)17-22(18-27(28)33)16-25-29(36)34(23-8-4-2-5-9-23)31(38)35(30(25)37)24-10-6-3-7-11-24/h2-18H,19H2,1H3. The molecule has 8 heteroatoms. The highest BCUT2D eigenvalue weighted by Crippen LogP contribution is 2.37. The van der Waals surface area contributed by atoms with Crippen molar-refractivity contribution in [2.75, 3.05) is 9.80 Å². The number of halogens is 2.